The molecule has 2 saturated heterocycles. The van der Waals surface area contributed by atoms with Crippen LogP contribution in [0.2, 0.25) is 0 Å². The van der Waals surface area contributed by atoms with Crippen LogP contribution in [0.3, 0.4) is 0 Å². The molecule has 0 radical (unpaired) electrons. The van der Waals surface area contributed by atoms with E-state index >= 15 is 0 Å². The molecule has 4 heterocycles. The number of amides is 2. The van der Waals surface area contributed by atoms with E-state index in [1.165, 1.54) is 6.08 Å². The van der Waals surface area contributed by atoms with Gasteiger partial charge < -0.3 is 29.9 Å². The van der Waals surface area contributed by atoms with Crippen molar-refractivity contribution in [3.63, 3.8) is 0 Å². The lowest BCUT2D eigenvalue weighted by Gasteiger charge is -2.31. The second-order valence-electron chi connectivity index (χ2n) is 10.8. The van der Waals surface area contributed by atoms with E-state index in [1.807, 2.05) is 30.5 Å². The van der Waals surface area contributed by atoms with Gasteiger partial charge in [-0.25, -0.2) is 0 Å². The Kier molecular flexibility index (Phi) is 8.79. The topological polar surface area (TPSA) is 126 Å². The monoisotopic (exact) mass is 562 g/mol. The Bertz CT molecular complexity index is 1400. The second kappa shape index (κ2) is 12.6. The van der Waals surface area contributed by atoms with Gasteiger partial charge in [-0.15, -0.1) is 0 Å². The molecule has 2 amide bonds. The minimum atomic E-state index is -0.748. The third-order valence-electron chi connectivity index (χ3n) is 7.42. The van der Waals surface area contributed by atoms with Gasteiger partial charge in [0.05, 0.1) is 19.3 Å². The molecule has 2 aromatic heterocycles. The lowest BCUT2D eigenvalue weighted by atomic mass is 10.1. The first-order valence-electron chi connectivity index (χ1n) is 14.1. The fourth-order valence-electron chi connectivity index (χ4n) is 5.00. The van der Waals surface area contributed by atoms with Crippen LogP contribution in [0, 0.1) is 0 Å². The Morgan fingerprint density at radius 3 is 2.78 bits per heavy atom. The van der Waals surface area contributed by atoms with Crippen LogP contribution in [-0.4, -0.2) is 93.2 Å². The van der Waals surface area contributed by atoms with Crippen LogP contribution in [-0.2, 0) is 20.9 Å². The van der Waals surface area contributed by atoms with Gasteiger partial charge >= 0.3 is 6.01 Å². The maximum Gasteiger partial charge on any atom is 0.322 e. The smallest absolute Gasteiger partial charge is 0.322 e. The summed E-state index contributed by atoms with van der Waals surface area (Å²) in [5, 5.41) is 10.8. The molecular formula is C29H38N8O4. The summed E-state index contributed by atoms with van der Waals surface area (Å²) in [5.41, 5.74) is 3.30. The van der Waals surface area contributed by atoms with Gasteiger partial charge in [0.15, 0.2) is 11.8 Å². The molecule has 0 bridgehead atoms. The second-order valence-corrected chi connectivity index (χ2v) is 10.8. The molecule has 2 aliphatic rings. The average molecular weight is 563 g/mol. The highest BCUT2D eigenvalue weighted by atomic mass is 16.5. The number of benzene rings is 1. The zero-order valence-corrected chi connectivity index (χ0v) is 23.9. The van der Waals surface area contributed by atoms with Crippen LogP contribution in [0.25, 0.3) is 5.65 Å². The first-order valence-corrected chi connectivity index (χ1v) is 14.1. The number of rotatable bonds is 9. The molecule has 218 valence electrons. The molecule has 3 aromatic rings. The van der Waals surface area contributed by atoms with E-state index in [0.717, 1.165) is 42.7 Å². The predicted octanol–water partition coefficient (Wildman–Crippen LogP) is 2.68. The summed E-state index contributed by atoms with van der Waals surface area (Å²) in [5.74, 6) is 0.252. The third kappa shape index (κ3) is 6.83. The molecule has 12 heteroatoms. The van der Waals surface area contributed by atoms with Crippen molar-refractivity contribution in [3.05, 3.63) is 54.2 Å². The first-order chi connectivity index (χ1) is 19.8. The maximum absolute atomic E-state index is 12.9. The summed E-state index contributed by atoms with van der Waals surface area (Å²) in [6.07, 6.45) is 4.25. The summed E-state index contributed by atoms with van der Waals surface area (Å²) >= 11 is 0. The number of fused-ring (bicyclic) bond motifs is 1. The van der Waals surface area contributed by atoms with Gasteiger partial charge in [0.1, 0.15) is 6.10 Å². The molecule has 1 unspecified atom stereocenters. The Balaban J connectivity index is 1.28. The summed E-state index contributed by atoms with van der Waals surface area (Å²) in [6.45, 7) is 11.0. The molecular weight excluding hydrogens is 524 g/mol. The Hall–Kier alpha value is -4.03. The van der Waals surface area contributed by atoms with Crippen LogP contribution in [0.1, 0.15) is 43.7 Å². The maximum atomic E-state index is 12.9. The van der Waals surface area contributed by atoms with Gasteiger partial charge in [0, 0.05) is 37.4 Å². The summed E-state index contributed by atoms with van der Waals surface area (Å²) < 4.78 is 13.6. The van der Waals surface area contributed by atoms with Crippen molar-refractivity contribution < 1.29 is 19.1 Å². The molecule has 0 aliphatic carbocycles. The van der Waals surface area contributed by atoms with Gasteiger partial charge in [0.2, 0.25) is 11.9 Å². The van der Waals surface area contributed by atoms with E-state index in [0.29, 0.717) is 37.3 Å². The molecule has 41 heavy (non-hydrogen) atoms. The highest BCUT2D eigenvalue weighted by Crippen LogP contribution is 2.25. The molecule has 12 nitrogen and oxygen atoms in total. The third-order valence-corrected chi connectivity index (χ3v) is 7.42. The Labute approximate surface area is 239 Å². The lowest BCUT2D eigenvalue weighted by molar-refractivity contribution is -0.141. The number of nitrogens with one attached hydrogen (secondary N) is 2. The van der Waals surface area contributed by atoms with Crippen LogP contribution in [0.15, 0.2) is 43.1 Å². The number of carbonyl (C=O) groups excluding carboxylic acids is 2. The number of morpholine rings is 1. The highest BCUT2D eigenvalue weighted by molar-refractivity contribution is 5.95. The fraction of sp³-hybridized carbons (Fsp3) is 0.483. The Morgan fingerprint density at radius 2 is 2.02 bits per heavy atom. The highest BCUT2D eigenvalue weighted by Gasteiger charge is 2.28. The summed E-state index contributed by atoms with van der Waals surface area (Å²) in [6, 6.07) is 7.87. The molecule has 0 saturated carbocycles. The fourth-order valence-corrected chi connectivity index (χ4v) is 5.00. The summed E-state index contributed by atoms with van der Waals surface area (Å²) in [7, 11) is 2.12. The van der Waals surface area contributed by atoms with E-state index in [2.05, 4.69) is 53.1 Å². The molecule has 1 aromatic carbocycles. The standard InChI is InChI=1S/C29H38N8O4/c1-5-25(38)36-13-14-40-24(18-36)27(39)32-21-8-6-7-20(15-21)16-30-28-34-29(41-22-9-11-35(4)12-10-22)33-26-23(19(2)3)17-31-37(26)28/h5-8,15,17,19,22,24H,1,9-14,16,18H2,2-4H3,(H,32,39)(H,30,33,34). The molecule has 2 N–H and O–H groups in total. The molecule has 2 aliphatic heterocycles. The number of hydrogen-bond acceptors (Lipinski definition) is 9. The van der Waals surface area contributed by atoms with Crippen molar-refractivity contribution in [2.45, 2.75) is 51.4 Å². The van der Waals surface area contributed by atoms with Crippen LogP contribution in [0.4, 0.5) is 11.6 Å². The van der Waals surface area contributed by atoms with E-state index in [-0.39, 0.29) is 30.4 Å². The SMILES string of the molecule is C=CC(=O)N1CCOC(C(=O)Nc2cccc(CNc3nc(OC4CCN(C)CC4)nc4c(C(C)C)cnn34)c2)C1. The number of ether oxygens (including phenoxy) is 2. The molecule has 0 spiro atoms. The molecule has 1 atom stereocenters. The van der Waals surface area contributed by atoms with Gasteiger partial charge in [0.25, 0.3) is 5.91 Å². The zero-order chi connectivity index (χ0) is 28.9. The number of likely N-dealkylation sites (tertiary alicyclic amines) is 1. The molecule has 5 rings (SSSR count). The zero-order valence-electron chi connectivity index (χ0n) is 23.9. The van der Waals surface area contributed by atoms with Crippen molar-refractivity contribution in [3.8, 4) is 6.01 Å². The number of carbonyl (C=O) groups is 2. The molecule has 2 fully saturated rings. The summed E-state index contributed by atoms with van der Waals surface area (Å²) in [4.78, 5) is 38.1. The first kappa shape index (κ1) is 28.5. The van der Waals surface area contributed by atoms with Gasteiger partial charge in [-0.05, 0) is 49.6 Å². The number of nitrogens with zero attached hydrogens (tertiary/aromatic N) is 6. The number of piperidine rings is 1. The van der Waals surface area contributed by atoms with E-state index in [4.69, 9.17) is 14.5 Å². The van der Waals surface area contributed by atoms with Crippen molar-refractivity contribution in [1.82, 2.24) is 29.4 Å². The Morgan fingerprint density at radius 1 is 1.22 bits per heavy atom. The number of aromatic nitrogens is 4. The minimum absolute atomic E-state index is 0.0716. The van der Waals surface area contributed by atoms with E-state index < -0.39 is 6.10 Å². The van der Waals surface area contributed by atoms with Crippen molar-refractivity contribution >= 4 is 29.1 Å². The van der Waals surface area contributed by atoms with E-state index in [9.17, 15) is 9.59 Å². The van der Waals surface area contributed by atoms with Crippen molar-refractivity contribution in [2.24, 2.45) is 0 Å². The lowest BCUT2D eigenvalue weighted by Crippen LogP contribution is -2.49. The number of anilines is 2. The quantitative estimate of drug-likeness (QED) is 0.379. The van der Waals surface area contributed by atoms with Crippen LogP contribution < -0.4 is 15.4 Å². The largest absolute Gasteiger partial charge is 0.460 e. The normalized spacial score (nSPS) is 18.4. The van der Waals surface area contributed by atoms with Gasteiger partial charge in [-0.3, -0.25) is 9.59 Å². The van der Waals surface area contributed by atoms with Crippen LogP contribution >= 0.6 is 0 Å². The van der Waals surface area contributed by atoms with E-state index in [1.54, 1.807) is 9.42 Å². The average Bonchev–Trinajstić information content (AvgIpc) is 3.41. The van der Waals surface area contributed by atoms with Crippen LogP contribution in [0.5, 0.6) is 6.01 Å². The predicted molar refractivity (Wildman–Crippen MR) is 155 cm³/mol. The minimum Gasteiger partial charge on any atom is -0.460 e. The van der Waals surface area contributed by atoms with Gasteiger partial charge in [-0.2, -0.15) is 19.6 Å². The van der Waals surface area contributed by atoms with Crippen molar-refractivity contribution in [2.75, 3.05) is 50.5 Å². The number of hydrogen-bond donors (Lipinski definition) is 2. The van der Waals surface area contributed by atoms with Crippen molar-refractivity contribution in [1.29, 1.82) is 0 Å². The van der Waals surface area contributed by atoms with Gasteiger partial charge in [-0.1, -0.05) is 32.6 Å².